The van der Waals surface area contributed by atoms with Crippen LogP contribution in [0.1, 0.15) is 24.6 Å². The van der Waals surface area contributed by atoms with Crippen LogP contribution in [-0.2, 0) is 7.05 Å². The van der Waals surface area contributed by atoms with E-state index in [9.17, 15) is 0 Å². The van der Waals surface area contributed by atoms with E-state index in [2.05, 4.69) is 20.1 Å². The predicted molar refractivity (Wildman–Crippen MR) is 105 cm³/mol. The largest absolute Gasteiger partial charge is 0.368 e. The van der Waals surface area contributed by atoms with Gasteiger partial charge >= 0.3 is 0 Å². The predicted octanol–water partition coefficient (Wildman–Crippen LogP) is 2.63. The molecule has 1 aromatic carbocycles. The fourth-order valence-corrected chi connectivity index (χ4v) is 3.96. The first-order valence-electron chi connectivity index (χ1n) is 8.93. The maximum absolute atomic E-state index is 6.17. The number of hydrogen-bond acceptors (Lipinski definition) is 6. The summed E-state index contributed by atoms with van der Waals surface area (Å²) in [4.78, 5) is 11.6. The Kier molecular flexibility index (Phi) is 3.68. The Morgan fingerprint density at radius 2 is 2.15 bits per heavy atom. The second-order valence-corrected chi connectivity index (χ2v) is 7.43. The molecule has 3 aromatic heterocycles. The number of benzene rings is 1. The third-order valence-corrected chi connectivity index (χ3v) is 5.35. The van der Waals surface area contributed by atoms with E-state index in [0.717, 1.165) is 48.3 Å². The van der Waals surface area contributed by atoms with Gasteiger partial charge in [0.1, 0.15) is 0 Å². The fourth-order valence-electron chi connectivity index (χ4n) is 3.78. The minimum absolute atomic E-state index is 0.229. The minimum atomic E-state index is 0.229. The normalized spacial score (nSPS) is 17.9. The van der Waals surface area contributed by atoms with Crippen LogP contribution in [0.25, 0.3) is 16.6 Å². The third-order valence-electron chi connectivity index (χ3n) is 5.12. The zero-order valence-corrected chi connectivity index (χ0v) is 15.6. The molecule has 1 saturated heterocycles. The van der Waals surface area contributed by atoms with Crippen LogP contribution < -0.4 is 10.6 Å². The van der Waals surface area contributed by atoms with Crippen molar-refractivity contribution in [2.45, 2.75) is 18.8 Å². The zero-order chi connectivity index (χ0) is 18.5. The summed E-state index contributed by atoms with van der Waals surface area (Å²) in [7, 11) is 1.93. The lowest BCUT2D eigenvalue weighted by Gasteiger charge is -2.32. The van der Waals surface area contributed by atoms with Crippen LogP contribution in [-0.4, -0.2) is 42.5 Å². The molecule has 138 valence electrons. The molecule has 8 nitrogen and oxygen atoms in total. The van der Waals surface area contributed by atoms with E-state index < -0.39 is 0 Å². The van der Waals surface area contributed by atoms with E-state index in [1.54, 1.807) is 10.6 Å². The van der Waals surface area contributed by atoms with Crippen LogP contribution in [0.4, 0.5) is 11.6 Å². The molecule has 4 aromatic rings. The number of aromatic nitrogens is 6. The van der Waals surface area contributed by atoms with Gasteiger partial charge in [-0.05, 0) is 31.0 Å². The van der Waals surface area contributed by atoms with E-state index in [1.807, 2.05) is 36.3 Å². The molecular weight excluding hydrogens is 364 g/mol. The van der Waals surface area contributed by atoms with Crippen molar-refractivity contribution in [1.82, 2.24) is 29.4 Å². The molecule has 5 rings (SSSR count). The van der Waals surface area contributed by atoms with E-state index in [1.165, 1.54) is 0 Å². The van der Waals surface area contributed by atoms with Crippen LogP contribution in [0, 0.1) is 0 Å². The maximum atomic E-state index is 6.17. The van der Waals surface area contributed by atoms with Crippen molar-refractivity contribution in [1.29, 1.82) is 0 Å². The Bertz CT molecular complexity index is 1150. The molecule has 0 aliphatic carbocycles. The van der Waals surface area contributed by atoms with Gasteiger partial charge in [0.2, 0.25) is 5.95 Å². The number of halogens is 1. The number of aryl methyl sites for hydroxylation is 1. The highest BCUT2D eigenvalue weighted by atomic mass is 35.5. The van der Waals surface area contributed by atoms with Gasteiger partial charge in [0, 0.05) is 42.7 Å². The number of fused-ring (bicyclic) bond motifs is 3. The Hall–Kier alpha value is -2.87. The summed E-state index contributed by atoms with van der Waals surface area (Å²) in [6, 6.07) is 5.52. The van der Waals surface area contributed by atoms with Gasteiger partial charge in [0.05, 0.1) is 17.4 Å². The highest BCUT2D eigenvalue weighted by molar-refractivity contribution is 6.31. The molecule has 0 unspecified atom stereocenters. The molecule has 4 heterocycles. The number of piperidine rings is 1. The average Bonchev–Trinajstić information content (AvgIpc) is 3.30. The van der Waals surface area contributed by atoms with Crippen LogP contribution in [0.15, 0.2) is 30.6 Å². The summed E-state index contributed by atoms with van der Waals surface area (Å²) in [5, 5.41) is 10.5. The summed E-state index contributed by atoms with van der Waals surface area (Å²) in [5.74, 6) is 1.36. The molecule has 27 heavy (non-hydrogen) atoms. The highest BCUT2D eigenvalue weighted by Crippen LogP contribution is 2.30. The van der Waals surface area contributed by atoms with Crippen molar-refractivity contribution in [2.75, 3.05) is 23.7 Å². The molecule has 0 amide bonds. The standard InChI is InChI=1S/C18H19ClN8/c1-25-10-13(8-21-25)26-6-2-3-11(9-26)16-23-17-14-7-12(19)4-5-15(14)22-18(20)27(17)24-16/h4-5,7-8,10-11H,2-3,6,9H2,1H3,(H2,20,22)/t11-/m0/s1. The van der Waals surface area contributed by atoms with Crippen molar-refractivity contribution in [3.63, 3.8) is 0 Å². The second-order valence-electron chi connectivity index (χ2n) is 6.99. The highest BCUT2D eigenvalue weighted by Gasteiger charge is 2.26. The molecule has 0 saturated carbocycles. The molecule has 9 heteroatoms. The lowest BCUT2D eigenvalue weighted by molar-refractivity contribution is 0.491. The zero-order valence-electron chi connectivity index (χ0n) is 14.9. The van der Waals surface area contributed by atoms with Gasteiger partial charge in [-0.2, -0.15) is 9.61 Å². The molecule has 0 bridgehead atoms. The van der Waals surface area contributed by atoms with Crippen molar-refractivity contribution >= 4 is 39.8 Å². The summed E-state index contributed by atoms with van der Waals surface area (Å²) < 4.78 is 3.45. The Morgan fingerprint density at radius 1 is 1.26 bits per heavy atom. The van der Waals surface area contributed by atoms with Gasteiger partial charge in [0.25, 0.3) is 0 Å². The smallest absolute Gasteiger partial charge is 0.223 e. The van der Waals surface area contributed by atoms with Gasteiger partial charge in [-0.25, -0.2) is 9.97 Å². The van der Waals surface area contributed by atoms with Crippen molar-refractivity contribution < 1.29 is 0 Å². The first-order chi connectivity index (χ1) is 13.1. The molecule has 1 fully saturated rings. The molecular formula is C18H19ClN8. The van der Waals surface area contributed by atoms with Crippen LogP contribution in [0.2, 0.25) is 5.02 Å². The van der Waals surface area contributed by atoms with Crippen molar-refractivity contribution in [3.05, 3.63) is 41.4 Å². The van der Waals surface area contributed by atoms with Crippen LogP contribution in [0.3, 0.4) is 0 Å². The van der Waals surface area contributed by atoms with Gasteiger partial charge in [0.15, 0.2) is 11.5 Å². The van der Waals surface area contributed by atoms with E-state index in [-0.39, 0.29) is 5.92 Å². The fraction of sp³-hybridized carbons (Fsp3) is 0.333. The molecule has 2 N–H and O–H groups in total. The first kappa shape index (κ1) is 16.3. The number of hydrogen-bond donors (Lipinski definition) is 1. The molecule has 1 aliphatic rings. The lowest BCUT2D eigenvalue weighted by atomic mass is 9.97. The van der Waals surface area contributed by atoms with Gasteiger partial charge in [-0.15, -0.1) is 5.10 Å². The average molecular weight is 383 g/mol. The molecule has 1 aliphatic heterocycles. The molecule has 1 atom stereocenters. The van der Waals surface area contributed by atoms with Crippen LogP contribution >= 0.6 is 11.6 Å². The van der Waals surface area contributed by atoms with Crippen molar-refractivity contribution in [3.8, 4) is 0 Å². The van der Waals surface area contributed by atoms with Gasteiger partial charge < -0.3 is 10.6 Å². The van der Waals surface area contributed by atoms with E-state index >= 15 is 0 Å². The minimum Gasteiger partial charge on any atom is -0.368 e. The summed E-state index contributed by atoms with van der Waals surface area (Å²) in [6.07, 6.45) is 6.06. The molecule has 0 spiro atoms. The summed E-state index contributed by atoms with van der Waals surface area (Å²) in [6.45, 7) is 1.87. The SMILES string of the molecule is Cn1cc(N2CCC[C@H](c3nc4c5cc(Cl)ccc5nc(N)n4n3)C2)cn1. The van der Waals surface area contributed by atoms with Gasteiger partial charge in [-0.3, -0.25) is 4.68 Å². The summed E-state index contributed by atoms with van der Waals surface area (Å²) >= 11 is 6.17. The number of nitrogens with zero attached hydrogens (tertiary/aromatic N) is 7. The molecule has 0 radical (unpaired) electrons. The monoisotopic (exact) mass is 382 g/mol. The number of nitrogen functional groups attached to an aromatic ring is 1. The lowest BCUT2D eigenvalue weighted by Crippen LogP contribution is -2.34. The maximum Gasteiger partial charge on any atom is 0.223 e. The van der Waals surface area contributed by atoms with Crippen molar-refractivity contribution in [2.24, 2.45) is 7.05 Å². The number of nitrogens with two attached hydrogens (primary N) is 1. The number of anilines is 2. The van der Waals surface area contributed by atoms with Crippen LogP contribution in [0.5, 0.6) is 0 Å². The Morgan fingerprint density at radius 3 is 2.96 bits per heavy atom. The quantitative estimate of drug-likeness (QED) is 0.573. The number of rotatable bonds is 2. The van der Waals surface area contributed by atoms with Gasteiger partial charge in [-0.1, -0.05) is 11.6 Å². The van der Waals surface area contributed by atoms with E-state index in [0.29, 0.717) is 16.6 Å². The Labute approximate surface area is 160 Å². The summed E-state index contributed by atoms with van der Waals surface area (Å²) in [5.41, 5.74) is 8.72. The first-order valence-corrected chi connectivity index (χ1v) is 9.31. The Balaban J connectivity index is 1.55. The second kappa shape index (κ2) is 6.09. The third kappa shape index (κ3) is 2.76. The van der Waals surface area contributed by atoms with E-state index in [4.69, 9.17) is 22.3 Å². The topological polar surface area (TPSA) is 90.2 Å².